The van der Waals surface area contributed by atoms with Gasteiger partial charge in [-0.25, -0.2) is 0 Å². The Morgan fingerprint density at radius 1 is 1.25 bits per heavy atom. The van der Waals surface area contributed by atoms with Crippen LogP contribution in [0.2, 0.25) is 0 Å². The van der Waals surface area contributed by atoms with Crippen LogP contribution in [0.25, 0.3) is 0 Å². The zero-order valence-electron chi connectivity index (χ0n) is 14.2. The fourth-order valence-electron chi connectivity index (χ4n) is 4.63. The van der Waals surface area contributed by atoms with Gasteiger partial charge in [-0.2, -0.15) is 0 Å². The second-order valence-electron chi connectivity index (χ2n) is 7.25. The number of aromatic nitrogens is 2. The number of likely N-dealkylation sites (tertiary alicyclic amines) is 1. The van der Waals surface area contributed by atoms with E-state index in [9.17, 15) is 5.11 Å². The average molecular weight is 343 g/mol. The van der Waals surface area contributed by atoms with Gasteiger partial charge in [-0.3, -0.25) is 4.90 Å². The Morgan fingerprint density at radius 2 is 2.04 bits per heavy atom. The fourth-order valence-corrected chi connectivity index (χ4v) is 5.29. The van der Waals surface area contributed by atoms with Gasteiger partial charge >= 0.3 is 0 Å². The number of benzene rings is 1. The topological polar surface area (TPSA) is 49.2 Å². The molecule has 0 radical (unpaired) electrons. The van der Waals surface area contributed by atoms with Crippen molar-refractivity contribution < 1.29 is 5.11 Å². The number of nitrogens with zero attached hydrogens (tertiary/aromatic N) is 3. The van der Waals surface area contributed by atoms with Gasteiger partial charge in [-0.05, 0) is 43.3 Å². The largest absolute Gasteiger partial charge is 0.385 e. The molecule has 1 saturated heterocycles. The van der Waals surface area contributed by atoms with Crippen LogP contribution in [0.3, 0.4) is 0 Å². The molecule has 1 aromatic carbocycles. The molecule has 1 N–H and O–H groups in total. The molecule has 2 fully saturated rings. The van der Waals surface area contributed by atoms with E-state index in [1.54, 1.807) is 0 Å². The Morgan fingerprint density at radius 3 is 2.79 bits per heavy atom. The first-order valence-corrected chi connectivity index (χ1v) is 9.75. The van der Waals surface area contributed by atoms with Crippen molar-refractivity contribution in [2.45, 2.75) is 57.2 Å². The summed E-state index contributed by atoms with van der Waals surface area (Å²) < 4.78 is 4.08. The molecule has 1 aromatic heterocycles. The van der Waals surface area contributed by atoms with E-state index in [0.29, 0.717) is 12.0 Å². The predicted octanol–water partition coefficient (Wildman–Crippen LogP) is 3.50. The molecule has 3 atom stereocenters. The summed E-state index contributed by atoms with van der Waals surface area (Å²) >= 11 is 1.51. The number of aliphatic hydroxyl groups is 1. The second-order valence-corrected chi connectivity index (χ2v) is 8.09. The highest BCUT2D eigenvalue weighted by atomic mass is 32.1. The summed E-state index contributed by atoms with van der Waals surface area (Å²) in [5.41, 5.74) is 1.47. The van der Waals surface area contributed by atoms with Crippen LogP contribution in [-0.2, 0) is 12.1 Å². The van der Waals surface area contributed by atoms with Crippen molar-refractivity contribution in [3.63, 3.8) is 0 Å². The Bertz CT molecular complexity index is 689. The van der Waals surface area contributed by atoms with Crippen molar-refractivity contribution in [2.75, 3.05) is 6.54 Å². The molecule has 2 aromatic rings. The van der Waals surface area contributed by atoms with Crippen LogP contribution >= 0.6 is 11.5 Å². The minimum atomic E-state index is -0.677. The number of hydrogen-bond donors (Lipinski definition) is 1. The van der Waals surface area contributed by atoms with Crippen molar-refractivity contribution >= 4 is 11.5 Å². The van der Waals surface area contributed by atoms with Crippen molar-refractivity contribution in [2.24, 2.45) is 5.92 Å². The fraction of sp³-hybridized carbons (Fsp3) is 0.579. The molecule has 128 valence electrons. The van der Waals surface area contributed by atoms with E-state index < -0.39 is 5.60 Å². The number of aryl methyl sites for hydroxylation is 1. The predicted molar refractivity (Wildman–Crippen MR) is 95.8 cm³/mol. The summed E-state index contributed by atoms with van der Waals surface area (Å²) in [6.45, 7) is 3.90. The molecule has 1 aliphatic heterocycles. The molecule has 1 saturated carbocycles. The van der Waals surface area contributed by atoms with Gasteiger partial charge in [-0.1, -0.05) is 47.7 Å². The van der Waals surface area contributed by atoms with Crippen LogP contribution in [0.5, 0.6) is 0 Å². The smallest absolute Gasteiger partial charge is 0.0951 e. The van der Waals surface area contributed by atoms with Crippen LogP contribution in [0.15, 0.2) is 30.3 Å². The first kappa shape index (κ1) is 16.2. The highest BCUT2D eigenvalue weighted by molar-refractivity contribution is 7.05. The third-order valence-corrected chi connectivity index (χ3v) is 6.77. The molecule has 4 rings (SSSR count). The molecule has 24 heavy (non-hydrogen) atoms. The van der Waals surface area contributed by atoms with Gasteiger partial charge in [0.05, 0.1) is 16.2 Å². The molecule has 2 aliphatic rings. The number of piperidine rings is 1. The molecule has 0 unspecified atom stereocenters. The Labute approximate surface area is 147 Å². The van der Waals surface area contributed by atoms with E-state index in [0.717, 1.165) is 37.2 Å². The first-order valence-electron chi connectivity index (χ1n) is 8.98. The van der Waals surface area contributed by atoms with Crippen molar-refractivity contribution in [1.29, 1.82) is 0 Å². The zero-order valence-corrected chi connectivity index (χ0v) is 15.0. The Kier molecular flexibility index (Phi) is 4.41. The summed E-state index contributed by atoms with van der Waals surface area (Å²) in [5.74, 6) is 0.323. The first-order chi connectivity index (χ1) is 11.7. The number of fused-ring (bicyclic) bond motifs is 1. The second kappa shape index (κ2) is 6.54. The maximum atomic E-state index is 11.6. The van der Waals surface area contributed by atoms with E-state index in [4.69, 9.17) is 0 Å². The highest BCUT2D eigenvalue weighted by Crippen LogP contribution is 2.47. The molecular formula is C19H25N3OS. The summed E-state index contributed by atoms with van der Waals surface area (Å²) in [7, 11) is 0. The lowest BCUT2D eigenvalue weighted by atomic mass is 9.66. The summed E-state index contributed by atoms with van der Waals surface area (Å²) in [6, 6.07) is 10.8. The van der Waals surface area contributed by atoms with Crippen LogP contribution in [-0.4, -0.2) is 32.2 Å². The minimum Gasteiger partial charge on any atom is -0.385 e. The Hall–Kier alpha value is -1.30. The van der Waals surface area contributed by atoms with Crippen LogP contribution in [0, 0.1) is 12.8 Å². The van der Waals surface area contributed by atoms with Gasteiger partial charge in [0.25, 0.3) is 0 Å². The van der Waals surface area contributed by atoms with Crippen LogP contribution in [0.1, 0.15) is 48.2 Å². The molecule has 2 heterocycles. The standard InChI is InChI=1S/C19H25N3OS/c1-14-18(24-21-20-14)13-22-12-11-19(23,15-7-3-2-4-8-15)16-9-5-6-10-17(16)22/h2-4,7-8,16-17,23H,5-6,9-13H2,1H3/t16-,17-,19+/m1/s1. The average Bonchev–Trinajstić information content (AvgIpc) is 3.03. The van der Waals surface area contributed by atoms with E-state index in [2.05, 4.69) is 26.6 Å². The third kappa shape index (κ3) is 2.79. The van der Waals surface area contributed by atoms with Gasteiger partial charge in [0, 0.05) is 25.0 Å². The van der Waals surface area contributed by atoms with Gasteiger partial charge in [0.1, 0.15) is 0 Å². The highest BCUT2D eigenvalue weighted by Gasteiger charge is 2.49. The summed E-state index contributed by atoms with van der Waals surface area (Å²) in [5, 5.41) is 15.7. The lowest BCUT2D eigenvalue weighted by Gasteiger charge is -2.52. The quantitative estimate of drug-likeness (QED) is 0.927. The van der Waals surface area contributed by atoms with Crippen molar-refractivity contribution in [3.05, 3.63) is 46.5 Å². The van der Waals surface area contributed by atoms with Gasteiger partial charge in [0.2, 0.25) is 0 Å². The Balaban J connectivity index is 1.61. The maximum absolute atomic E-state index is 11.6. The summed E-state index contributed by atoms with van der Waals surface area (Å²) in [4.78, 5) is 3.84. The van der Waals surface area contributed by atoms with E-state index in [-0.39, 0.29) is 0 Å². The lowest BCUT2D eigenvalue weighted by Crippen LogP contribution is -2.57. The van der Waals surface area contributed by atoms with Gasteiger partial charge in [0.15, 0.2) is 0 Å². The van der Waals surface area contributed by atoms with E-state index in [1.165, 1.54) is 35.7 Å². The van der Waals surface area contributed by atoms with E-state index in [1.807, 2.05) is 25.1 Å². The summed E-state index contributed by atoms with van der Waals surface area (Å²) in [6.07, 6.45) is 5.61. The zero-order chi connectivity index (χ0) is 16.6. The van der Waals surface area contributed by atoms with Gasteiger partial charge < -0.3 is 5.11 Å². The molecule has 5 heteroatoms. The number of hydrogen-bond acceptors (Lipinski definition) is 5. The van der Waals surface area contributed by atoms with E-state index >= 15 is 0 Å². The third-order valence-electron chi connectivity index (χ3n) is 5.96. The van der Waals surface area contributed by atoms with Crippen LogP contribution < -0.4 is 0 Å². The monoisotopic (exact) mass is 343 g/mol. The van der Waals surface area contributed by atoms with Crippen molar-refractivity contribution in [3.8, 4) is 0 Å². The molecule has 0 bridgehead atoms. The molecule has 0 amide bonds. The van der Waals surface area contributed by atoms with Gasteiger partial charge in [-0.15, -0.1) is 5.10 Å². The molecule has 0 spiro atoms. The molecule has 1 aliphatic carbocycles. The number of rotatable bonds is 3. The normalized spacial score (nSPS) is 30.9. The molecule has 4 nitrogen and oxygen atoms in total. The lowest BCUT2D eigenvalue weighted by molar-refractivity contribution is -0.122. The van der Waals surface area contributed by atoms with Crippen molar-refractivity contribution in [1.82, 2.24) is 14.5 Å². The molecular weight excluding hydrogens is 318 g/mol. The minimum absolute atomic E-state index is 0.323. The SMILES string of the molecule is Cc1nnsc1CN1CC[C@](O)(c2ccccc2)[C@@H]2CCCC[C@H]21. The maximum Gasteiger partial charge on any atom is 0.0951 e. The van der Waals surface area contributed by atoms with Crippen LogP contribution in [0.4, 0.5) is 0 Å².